The number of aromatic amines is 1. The highest BCUT2D eigenvalue weighted by Crippen LogP contribution is 2.32. The Morgan fingerprint density at radius 3 is 2.38 bits per heavy atom. The lowest BCUT2D eigenvalue weighted by Crippen LogP contribution is -2.32. The van der Waals surface area contributed by atoms with Crippen molar-refractivity contribution in [1.82, 2.24) is 30.1 Å². The first-order valence-corrected chi connectivity index (χ1v) is 13.1. The van der Waals surface area contributed by atoms with Crippen molar-refractivity contribution in [1.29, 1.82) is 0 Å². The second-order valence-corrected chi connectivity index (χ2v) is 9.55. The summed E-state index contributed by atoms with van der Waals surface area (Å²) in [6.45, 7) is 3.35. The zero-order chi connectivity index (χ0) is 28.1. The van der Waals surface area contributed by atoms with Crippen LogP contribution in [0.5, 0.6) is 11.5 Å². The van der Waals surface area contributed by atoms with Gasteiger partial charge in [-0.25, -0.2) is 9.07 Å². The molecule has 5 aromatic rings. The molecule has 0 aliphatic heterocycles. The highest BCUT2D eigenvalue weighted by Gasteiger charge is 2.26. The van der Waals surface area contributed by atoms with E-state index in [0.29, 0.717) is 54.5 Å². The Bertz CT molecular complexity index is 1640. The molecule has 0 unspecified atom stereocenters. The number of ether oxygens (including phenoxy) is 2. The van der Waals surface area contributed by atoms with E-state index in [1.54, 1.807) is 37.1 Å². The van der Waals surface area contributed by atoms with Crippen LogP contribution in [-0.2, 0) is 19.6 Å². The molecule has 206 valence electrons. The average Bonchev–Trinajstić information content (AvgIpc) is 3.42. The van der Waals surface area contributed by atoms with Crippen molar-refractivity contribution < 1.29 is 13.9 Å². The van der Waals surface area contributed by atoms with Crippen LogP contribution in [0.25, 0.3) is 10.9 Å². The molecular formula is C30H31FN6O3. The number of rotatable bonds is 11. The lowest BCUT2D eigenvalue weighted by molar-refractivity contribution is 0.161. The van der Waals surface area contributed by atoms with Crippen molar-refractivity contribution in [3.8, 4) is 11.5 Å². The molecule has 0 amide bonds. The Hall–Kier alpha value is -4.57. The molecule has 3 aromatic carbocycles. The first-order chi connectivity index (χ1) is 19.5. The topological polar surface area (TPSA) is 98.2 Å². The van der Waals surface area contributed by atoms with Gasteiger partial charge in [-0.05, 0) is 52.2 Å². The molecule has 0 bridgehead atoms. The largest absolute Gasteiger partial charge is 0.493 e. The van der Waals surface area contributed by atoms with Gasteiger partial charge in [0.1, 0.15) is 5.82 Å². The van der Waals surface area contributed by atoms with E-state index >= 15 is 0 Å². The summed E-state index contributed by atoms with van der Waals surface area (Å²) >= 11 is 0. The summed E-state index contributed by atoms with van der Waals surface area (Å²) in [6, 6.07) is 21.6. The number of H-pyrrole nitrogens is 1. The maximum absolute atomic E-state index is 13.7. The lowest BCUT2D eigenvalue weighted by atomic mass is 10.1. The third kappa shape index (κ3) is 5.86. The standard InChI is InChI=1S/C30H31FN6O3/c1-4-26(29-33-34-35-37(29)18-20-8-6-5-7-9-20)36(17-21-10-12-24(31)13-11-21)19-23-14-22-15-27(39-2)28(40-3)16-25(22)32-30(23)38/h5-16,26H,4,17-19H2,1-3H3,(H,32,38)/t26-/m0/s1. The summed E-state index contributed by atoms with van der Waals surface area (Å²) in [5.74, 6) is 1.50. The quantitative estimate of drug-likeness (QED) is 0.254. The van der Waals surface area contributed by atoms with E-state index in [9.17, 15) is 9.18 Å². The van der Waals surface area contributed by atoms with Gasteiger partial charge in [-0.3, -0.25) is 9.69 Å². The first kappa shape index (κ1) is 27.0. The zero-order valence-electron chi connectivity index (χ0n) is 22.7. The maximum Gasteiger partial charge on any atom is 0.252 e. The van der Waals surface area contributed by atoms with Gasteiger partial charge < -0.3 is 14.5 Å². The van der Waals surface area contributed by atoms with E-state index in [1.807, 2.05) is 42.5 Å². The fourth-order valence-electron chi connectivity index (χ4n) is 4.94. The number of nitrogens with one attached hydrogen (secondary N) is 1. The molecule has 0 saturated heterocycles. The van der Waals surface area contributed by atoms with Crippen molar-refractivity contribution in [3.63, 3.8) is 0 Å². The maximum atomic E-state index is 13.7. The van der Waals surface area contributed by atoms with Crippen LogP contribution < -0.4 is 15.0 Å². The number of tetrazole rings is 1. The predicted molar refractivity (Wildman–Crippen MR) is 150 cm³/mol. The van der Waals surface area contributed by atoms with Crippen LogP contribution in [0.1, 0.15) is 41.9 Å². The van der Waals surface area contributed by atoms with E-state index in [4.69, 9.17) is 9.47 Å². The number of hydrogen-bond donors (Lipinski definition) is 1. The fraction of sp³-hybridized carbons (Fsp3) is 0.267. The summed E-state index contributed by atoms with van der Waals surface area (Å²) in [5.41, 5.74) is 3.00. The highest BCUT2D eigenvalue weighted by atomic mass is 19.1. The van der Waals surface area contributed by atoms with Gasteiger partial charge in [0, 0.05) is 30.1 Å². The molecule has 2 heterocycles. The van der Waals surface area contributed by atoms with E-state index < -0.39 is 0 Å². The molecule has 2 aromatic heterocycles. The number of fused-ring (bicyclic) bond motifs is 1. The molecule has 0 spiro atoms. The summed E-state index contributed by atoms with van der Waals surface area (Å²) in [7, 11) is 3.13. The van der Waals surface area contributed by atoms with Crippen molar-refractivity contribution >= 4 is 10.9 Å². The predicted octanol–water partition coefficient (Wildman–Crippen LogP) is 4.87. The molecule has 0 aliphatic carbocycles. The number of aromatic nitrogens is 5. The number of nitrogens with zero attached hydrogens (tertiary/aromatic N) is 5. The van der Waals surface area contributed by atoms with Crippen LogP contribution >= 0.6 is 0 Å². The minimum Gasteiger partial charge on any atom is -0.493 e. The normalized spacial score (nSPS) is 12.1. The Morgan fingerprint density at radius 2 is 1.68 bits per heavy atom. The summed E-state index contributed by atoms with van der Waals surface area (Å²) in [4.78, 5) is 18.4. The Labute approximate surface area is 231 Å². The SMILES string of the molecule is CC[C@@H](c1nnnn1Cc1ccccc1)N(Cc1ccc(F)cc1)Cc1cc2cc(OC)c(OC)cc2[nH]c1=O. The van der Waals surface area contributed by atoms with Gasteiger partial charge >= 0.3 is 0 Å². The van der Waals surface area contributed by atoms with Gasteiger partial charge in [0.2, 0.25) is 0 Å². The number of halogens is 1. The highest BCUT2D eigenvalue weighted by molar-refractivity contribution is 5.83. The number of benzene rings is 3. The third-order valence-electron chi connectivity index (χ3n) is 6.96. The Kier molecular flexibility index (Phi) is 8.16. The first-order valence-electron chi connectivity index (χ1n) is 13.1. The van der Waals surface area contributed by atoms with Crippen LogP contribution in [0, 0.1) is 5.82 Å². The second kappa shape index (κ2) is 12.1. The van der Waals surface area contributed by atoms with Crippen LogP contribution in [0.15, 0.2) is 77.6 Å². The van der Waals surface area contributed by atoms with Gasteiger partial charge in [0.15, 0.2) is 17.3 Å². The van der Waals surface area contributed by atoms with Crippen LogP contribution in [0.2, 0.25) is 0 Å². The summed E-state index contributed by atoms with van der Waals surface area (Å²) < 4.78 is 26.3. The molecule has 40 heavy (non-hydrogen) atoms. The van der Waals surface area contributed by atoms with Gasteiger partial charge in [0.05, 0.1) is 32.3 Å². The molecule has 10 heteroatoms. The van der Waals surface area contributed by atoms with E-state index in [2.05, 4.69) is 32.3 Å². The van der Waals surface area contributed by atoms with Crippen LogP contribution in [-0.4, -0.2) is 44.3 Å². The van der Waals surface area contributed by atoms with Gasteiger partial charge in [-0.1, -0.05) is 49.4 Å². The minimum atomic E-state index is -0.301. The zero-order valence-corrected chi connectivity index (χ0v) is 22.7. The number of hydrogen-bond acceptors (Lipinski definition) is 7. The monoisotopic (exact) mass is 542 g/mol. The Balaban J connectivity index is 1.53. The molecule has 1 N–H and O–H groups in total. The van der Waals surface area contributed by atoms with Gasteiger partial charge in [0.25, 0.3) is 5.56 Å². The van der Waals surface area contributed by atoms with Crippen molar-refractivity contribution in [3.05, 3.63) is 111 Å². The van der Waals surface area contributed by atoms with E-state index in [1.165, 1.54) is 12.1 Å². The molecule has 0 aliphatic rings. The van der Waals surface area contributed by atoms with E-state index in [0.717, 1.165) is 16.5 Å². The molecule has 0 fully saturated rings. The minimum absolute atomic E-state index is 0.206. The molecule has 1 atom stereocenters. The Morgan fingerprint density at radius 1 is 0.950 bits per heavy atom. The van der Waals surface area contributed by atoms with Crippen LogP contribution in [0.3, 0.4) is 0 Å². The lowest BCUT2D eigenvalue weighted by Gasteiger charge is -2.30. The summed E-state index contributed by atoms with van der Waals surface area (Å²) in [5, 5.41) is 13.5. The van der Waals surface area contributed by atoms with Crippen molar-refractivity contribution in [2.24, 2.45) is 0 Å². The molecular weight excluding hydrogens is 511 g/mol. The molecule has 0 saturated carbocycles. The van der Waals surface area contributed by atoms with Crippen molar-refractivity contribution in [2.45, 2.75) is 39.0 Å². The second-order valence-electron chi connectivity index (χ2n) is 9.55. The smallest absolute Gasteiger partial charge is 0.252 e. The molecule has 0 radical (unpaired) electrons. The van der Waals surface area contributed by atoms with Crippen LogP contribution in [0.4, 0.5) is 4.39 Å². The summed E-state index contributed by atoms with van der Waals surface area (Å²) in [6.07, 6.45) is 0.687. The van der Waals surface area contributed by atoms with E-state index in [-0.39, 0.29) is 17.4 Å². The average molecular weight is 543 g/mol. The fourth-order valence-corrected chi connectivity index (χ4v) is 4.94. The number of pyridine rings is 1. The molecule has 5 rings (SSSR count). The molecule has 9 nitrogen and oxygen atoms in total. The van der Waals surface area contributed by atoms with Gasteiger partial charge in [-0.2, -0.15) is 0 Å². The third-order valence-corrected chi connectivity index (χ3v) is 6.96. The number of methoxy groups -OCH3 is 2. The van der Waals surface area contributed by atoms with Crippen molar-refractivity contribution in [2.75, 3.05) is 14.2 Å². The van der Waals surface area contributed by atoms with Gasteiger partial charge in [-0.15, -0.1) is 5.10 Å².